The van der Waals surface area contributed by atoms with Crippen molar-refractivity contribution in [2.45, 2.75) is 0 Å². The van der Waals surface area contributed by atoms with Gasteiger partial charge in [0.1, 0.15) is 5.75 Å². The topological polar surface area (TPSA) is 83.7 Å². The summed E-state index contributed by atoms with van der Waals surface area (Å²) in [7, 11) is 1.57. The van der Waals surface area contributed by atoms with Crippen LogP contribution in [0.15, 0.2) is 64.6 Å². The molecule has 1 aromatic heterocycles. The fourth-order valence-electron chi connectivity index (χ4n) is 2.37. The Morgan fingerprint density at radius 3 is 2.75 bits per heavy atom. The molecular weight excluding hydrogens is 306 g/mol. The molecule has 24 heavy (non-hydrogen) atoms. The summed E-state index contributed by atoms with van der Waals surface area (Å²) < 4.78 is 1.31. The number of benzene rings is 2. The molecule has 0 aliphatic carbocycles. The number of hydrogen-bond donors (Lipinski definition) is 2. The van der Waals surface area contributed by atoms with Crippen LogP contribution in [0.1, 0.15) is 15.9 Å². The van der Waals surface area contributed by atoms with Crippen LogP contribution in [0.4, 0.5) is 0 Å². The minimum Gasteiger partial charge on any atom is -0.507 e. The van der Waals surface area contributed by atoms with Crippen molar-refractivity contribution >= 4 is 22.9 Å². The van der Waals surface area contributed by atoms with Crippen LogP contribution in [0.25, 0.3) is 10.8 Å². The predicted octanol–water partition coefficient (Wildman–Crippen LogP) is 2.01. The van der Waals surface area contributed by atoms with Crippen molar-refractivity contribution in [3.05, 3.63) is 76.2 Å². The predicted molar refractivity (Wildman–Crippen MR) is 92.4 cm³/mol. The third-order valence-electron chi connectivity index (χ3n) is 3.66. The van der Waals surface area contributed by atoms with E-state index in [0.717, 1.165) is 10.8 Å². The number of pyridine rings is 1. The van der Waals surface area contributed by atoms with Gasteiger partial charge in [0, 0.05) is 24.9 Å². The van der Waals surface area contributed by atoms with Crippen molar-refractivity contribution in [1.29, 1.82) is 0 Å². The van der Waals surface area contributed by atoms with E-state index in [0.29, 0.717) is 11.1 Å². The summed E-state index contributed by atoms with van der Waals surface area (Å²) in [4.78, 5) is 23.4. The Bertz CT molecular complexity index is 1010. The van der Waals surface area contributed by atoms with E-state index < -0.39 is 5.91 Å². The van der Waals surface area contributed by atoms with Gasteiger partial charge in [0.15, 0.2) is 0 Å². The summed E-state index contributed by atoms with van der Waals surface area (Å²) in [6.45, 7) is 0. The highest BCUT2D eigenvalue weighted by molar-refractivity contribution is 6.03. The van der Waals surface area contributed by atoms with Crippen LogP contribution in [-0.2, 0) is 7.05 Å². The molecule has 0 fully saturated rings. The van der Waals surface area contributed by atoms with Crippen molar-refractivity contribution in [3.63, 3.8) is 0 Å². The number of rotatable bonds is 3. The quantitative estimate of drug-likeness (QED) is 0.572. The van der Waals surface area contributed by atoms with Gasteiger partial charge >= 0.3 is 0 Å². The Morgan fingerprint density at radius 2 is 1.96 bits per heavy atom. The van der Waals surface area contributed by atoms with Crippen molar-refractivity contribution in [3.8, 4) is 5.75 Å². The largest absolute Gasteiger partial charge is 0.507 e. The number of hydrazone groups is 1. The molecule has 0 aliphatic heterocycles. The zero-order valence-corrected chi connectivity index (χ0v) is 12.9. The van der Waals surface area contributed by atoms with Gasteiger partial charge in [-0.1, -0.05) is 30.3 Å². The van der Waals surface area contributed by atoms with Crippen LogP contribution >= 0.6 is 0 Å². The molecule has 0 unspecified atom stereocenters. The molecule has 0 saturated heterocycles. The number of phenols is 1. The molecule has 120 valence electrons. The van der Waals surface area contributed by atoms with E-state index in [1.165, 1.54) is 29.1 Å². The minimum atomic E-state index is -0.443. The van der Waals surface area contributed by atoms with Gasteiger partial charge in [0.2, 0.25) is 5.56 Å². The monoisotopic (exact) mass is 321 g/mol. The fourth-order valence-corrected chi connectivity index (χ4v) is 2.37. The second-order valence-corrected chi connectivity index (χ2v) is 5.29. The maximum absolute atomic E-state index is 12.0. The maximum Gasteiger partial charge on any atom is 0.272 e. The molecule has 3 rings (SSSR count). The number of fused-ring (bicyclic) bond motifs is 1. The van der Waals surface area contributed by atoms with E-state index in [2.05, 4.69) is 10.5 Å². The summed E-state index contributed by atoms with van der Waals surface area (Å²) >= 11 is 0. The summed E-state index contributed by atoms with van der Waals surface area (Å²) in [5.41, 5.74) is 3.03. The Morgan fingerprint density at radius 1 is 1.17 bits per heavy atom. The van der Waals surface area contributed by atoms with Gasteiger partial charge in [-0.2, -0.15) is 5.10 Å². The molecule has 3 aromatic rings. The second-order valence-electron chi connectivity index (χ2n) is 5.29. The molecule has 1 amide bonds. The summed E-state index contributed by atoms with van der Waals surface area (Å²) in [6.07, 6.45) is 2.83. The zero-order chi connectivity index (χ0) is 17.1. The van der Waals surface area contributed by atoms with E-state index in [9.17, 15) is 14.7 Å². The van der Waals surface area contributed by atoms with Gasteiger partial charge in [-0.3, -0.25) is 9.59 Å². The Labute approximate surface area is 137 Å². The molecule has 0 bridgehead atoms. The van der Waals surface area contributed by atoms with Crippen molar-refractivity contribution in [1.82, 2.24) is 9.99 Å². The number of hydrogen-bond acceptors (Lipinski definition) is 4. The molecule has 0 spiro atoms. The van der Waals surface area contributed by atoms with Gasteiger partial charge in [-0.05, 0) is 22.9 Å². The Kier molecular flexibility index (Phi) is 4.11. The van der Waals surface area contributed by atoms with Crippen molar-refractivity contribution in [2.24, 2.45) is 12.1 Å². The number of carbonyl (C=O) groups excluding carboxylic acids is 1. The molecule has 0 aliphatic rings. The van der Waals surface area contributed by atoms with Crippen LogP contribution in [0, 0.1) is 0 Å². The average molecular weight is 321 g/mol. The van der Waals surface area contributed by atoms with E-state index in [-0.39, 0.29) is 11.3 Å². The van der Waals surface area contributed by atoms with Gasteiger partial charge < -0.3 is 9.67 Å². The lowest BCUT2D eigenvalue weighted by Gasteiger charge is -2.05. The third-order valence-corrected chi connectivity index (χ3v) is 3.66. The lowest BCUT2D eigenvalue weighted by atomic mass is 10.0. The third kappa shape index (κ3) is 3.03. The average Bonchev–Trinajstić information content (AvgIpc) is 2.59. The lowest BCUT2D eigenvalue weighted by Crippen LogP contribution is -2.22. The summed E-state index contributed by atoms with van der Waals surface area (Å²) in [5, 5.41) is 15.7. The van der Waals surface area contributed by atoms with E-state index in [1.54, 1.807) is 13.1 Å². The fraction of sp³-hybridized carbons (Fsp3) is 0.0556. The van der Waals surface area contributed by atoms with Crippen molar-refractivity contribution in [2.75, 3.05) is 0 Å². The molecule has 2 N–H and O–H groups in total. The van der Waals surface area contributed by atoms with Gasteiger partial charge in [0.25, 0.3) is 5.91 Å². The highest BCUT2D eigenvalue weighted by atomic mass is 16.3. The molecular formula is C18H15N3O3. The number of nitrogens with zero attached hydrogens (tertiary/aromatic N) is 2. The first-order chi connectivity index (χ1) is 11.6. The first-order valence-electron chi connectivity index (χ1n) is 7.27. The molecule has 0 atom stereocenters. The number of aromatic hydroxyl groups is 1. The number of amides is 1. The molecule has 1 heterocycles. The van der Waals surface area contributed by atoms with Crippen LogP contribution in [0.5, 0.6) is 5.75 Å². The minimum absolute atomic E-state index is 0.0776. The second kappa shape index (κ2) is 6.37. The normalized spacial score (nSPS) is 11.0. The maximum atomic E-state index is 12.0. The highest BCUT2D eigenvalue weighted by Gasteiger charge is 2.07. The van der Waals surface area contributed by atoms with E-state index in [4.69, 9.17) is 0 Å². The SMILES string of the molecule is Cn1cc(C(=O)N/N=C\c2c(O)ccc3ccccc23)ccc1=O. The Balaban J connectivity index is 1.84. The molecule has 6 nitrogen and oxygen atoms in total. The van der Waals surface area contributed by atoms with Gasteiger partial charge in [-0.25, -0.2) is 5.43 Å². The Hall–Kier alpha value is -3.41. The zero-order valence-electron chi connectivity index (χ0n) is 12.9. The molecule has 0 saturated carbocycles. The number of carbonyl (C=O) groups is 1. The molecule has 6 heteroatoms. The standard InChI is InChI=1S/C18H15N3O3/c1-21-11-13(7-9-17(21)23)18(24)20-19-10-15-14-5-3-2-4-12(14)6-8-16(15)22/h2-11,22H,1H3,(H,20,24)/b19-10-. The first-order valence-corrected chi connectivity index (χ1v) is 7.27. The number of aromatic nitrogens is 1. The van der Waals surface area contributed by atoms with E-state index >= 15 is 0 Å². The lowest BCUT2D eigenvalue weighted by molar-refractivity contribution is 0.0954. The van der Waals surface area contributed by atoms with Crippen LogP contribution < -0.4 is 11.0 Å². The molecule has 2 aromatic carbocycles. The van der Waals surface area contributed by atoms with E-state index in [1.807, 2.05) is 30.3 Å². The smallest absolute Gasteiger partial charge is 0.272 e. The number of phenolic OH excluding ortho intramolecular Hbond substituents is 1. The van der Waals surface area contributed by atoms with Crippen LogP contribution in [-0.4, -0.2) is 21.8 Å². The van der Waals surface area contributed by atoms with Crippen molar-refractivity contribution < 1.29 is 9.90 Å². The first kappa shape index (κ1) is 15.5. The molecule has 0 radical (unpaired) electrons. The highest BCUT2D eigenvalue weighted by Crippen LogP contribution is 2.25. The van der Waals surface area contributed by atoms with Crippen LogP contribution in [0.3, 0.4) is 0 Å². The number of nitrogens with one attached hydrogen (secondary N) is 1. The number of aryl methyl sites for hydroxylation is 1. The van der Waals surface area contributed by atoms with Gasteiger partial charge in [-0.15, -0.1) is 0 Å². The van der Waals surface area contributed by atoms with Crippen LogP contribution in [0.2, 0.25) is 0 Å². The summed E-state index contributed by atoms with van der Waals surface area (Å²) in [6, 6.07) is 13.7. The summed E-state index contributed by atoms with van der Waals surface area (Å²) in [5.74, 6) is -0.365. The van der Waals surface area contributed by atoms with Gasteiger partial charge in [0.05, 0.1) is 11.8 Å².